The molecule has 0 aromatic carbocycles. The molecule has 0 radical (unpaired) electrons. The van der Waals surface area contributed by atoms with E-state index >= 15 is 0 Å². The van der Waals surface area contributed by atoms with Gasteiger partial charge in [-0.2, -0.15) is 5.26 Å². The van der Waals surface area contributed by atoms with Gasteiger partial charge in [0.25, 0.3) is 0 Å². The normalized spacial score (nSPS) is 9.87. The molecule has 0 spiro atoms. The number of nitriles is 1. The Hall–Kier alpha value is -1.45. The molecule has 0 N–H and O–H groups in total. The molecule has 4 nitrogen and oxygen atoms in total. The van der Waals surface area contributed by atoms with Crippen molar-refractivity contribution in [3.05, 3.63) is 28.9 Å². The van der Waals surface area contributed by atoms with Gasteiger partial charge in [0.15, 0.2) is 4.34 Å². The lowest BCUT2D eigenvalue weighted by Crippen LogP contribution is -1.81. The quantitative estimate of drug-likeness (QED) is 0.797. The highest BCUT2D eigenvalue weighted by Gasteiger charge is 2.03. The Labute approximate surface area is 95.0 Å². The topological polar surface area (TPSA) is 62.5 Å². The van der Waals surface area contributed by atoms with Gasteiger partial charge in [-0.05, 0) is 30.8 Å². The molecular weight excluding hydrogens is 228 g/mol. The van der Waals surface area contributed by atoms with Gasteiger partial charge in [0.2, 0.25) is 0 Å². The summed E-state index contributed by atoms with van der Waals surface area (Å²) in [5.74, 6) is 0. The summed E-state index contributed by atoms with van der Waals surface area (Å²) < 4.78 is 0.865. The van der Waals surface area contributed by atoms with Gasteiger partial charge in [-0.25, -0.2) is 4.98 Å². The van der Waals surface area contributed by atoms with Gasteiger partial charge in [0.05, 0.1) is 5.56 Å². The van der Waals surface area contributed by atoms with Crippen LogP contribution < -0.4 is 0 Å². The Kier molecular flexibility index (Phi) is 2.94. The zero-order valence-corrected chi connectivity index (χ0v) is 9.47. The first-order chi connectivity index (χ1) is 7.28. The van der Waals surface area contributed by atoms with E-state index < -0.39 is 0 Å². The highest BCUT2D eigenvalue weighted by molar-refractivity contribution is 8.01. The van der Waals surface area contributed by atoms with Crippen molar-refractivity contribution in [3.63, 3.8) is 0 Å². The number of nitrogens with zero attached hydrogens (tertiary/aromatic N) is 4. The third-order valence-electron chi connectivity index (χ3n) is 1.56. The van der Waals surface area contributed by atoms with Crippen molar-refractivity contribution < 1.29 is 0 Å². The van der Waals surface area contributed by atoms with Crippen LogP contribution in [-0.2, 0) is 0 Å². The summed E-state index contributed by atoms with van der Waals surface area (Å²) in [7, 11) is 0. The number of aromatic nitrogens is 3. The van der Waals surface area contributed by atoms with Crippen molar-refractivity contribution in [2.45, 2.75) is 16.3 Å². The maximum atomic E-state index is 8.60. The highest BCUT2D eigenvalue weighted by Crippen LogP contribution is 2.28. The number of hydrogen-bond donors (Lipinski definition) is 0. The molecular formula is C9H6N4S2. The molecule has 2 aromatic rings. The molecule has 2 aromatic heterocycles. The van der Waals surface area contributed by atoms with E-state index in [4.69, 9.17) is 5.26 Å². The Morgan fingerprint density at radius 1 is 1.40 bits per heavy atom. The van der Waals surface area contributed by atoms with E-state index in [-0.39, 0.29) is 0 Å². The molecule has 0 aliphatic heterocycles. The number of aryl methyl sites for hydroxylation is 1. The van der Waals surface area contributed by atoms with Gasteiger partial charge in [0.1, 0.15) is 16.1 Å². The molecule has 0 unspecified atom stereocenters. The summed E-state index contributed by atoms with van der Waals surface area (Å²) in [4.78, 5) is 4.13. The predicted octanol–water partition coefficient (Wildman–Crippen LogP) is 2.26. The van der Waals surface area contributed by atoms with Crippen LogP contribution in [0.15, 0.2) is 27.7 Å². The minimum absolute atomic E-state index is 0.563. The molecule has 0 amide bonds. The van der Waals surface area contributed by atoms with Crippen LogP contribution in [0.3, 0.4) is 0 Å². The molecule has 74 valence electrons. The Morgan fingerprint density at radius 3 is 2.80 bits per heavy atom. The zero-order valence-electron chi connectivity index (χ0n) is 7.84. The van der Waals surface area contributed by atoms with E-state index in [0.717, 1.165) is 14.4 Å². The van der Waals surface area contributed by atoms with Crippen LogP contribution in [-0.4, -0.2) is 15.2 Å². The van der Waals surface area contributed by atoms with Crippen LogP contribution in [0.25, 0.3) is 0 Å². The maximum Gasteiger partial charge on any atom is 0.180 e. The molecule has 6 heteroatoms. The monoisotopic (exact) mass is 234 g/mol. The summed E-state index contributed by atoms with van der Waals surface area (Å²) in [6.07, 6.45) is 1.55. The second-order valence-corrected chi connectivity index (χ2v) is 5.14. The smallest absolute Gasteiger partial charge is 0.180 e. The van der Waals surface area contributed by atoms with Crippen LogP contribution in [0.5, 0.6) is 0 Å². The number of rotatable bonds is 2. The standard InChI is InChI=1S/C9H6N4S2/c1-6-12-13-9(14-6)15-8-3-2-7(4-10)5-11-8/h2-3,5H,1H3. The second-order valence-electron chi connectivity index (χ2n) is 2.69. The van der Waals surface area contributed by atoms with Crippen molar-refractivity contribution in [1.29, 1.82) is 5.26 Å². The zero-order chi connectivity index (χ0) is 10.7. The predicted molar refractivity (Wildman–Crippen MR) is 57.7 cm³/mol. The van der Waals surface area contributed by atoms with Gasteiger partial charge < -0.3 is 0 Å². The highest BCUT2D eigenvalue weighted by atomic mass is 32.2. The summed E-state index contributed by atoms with van der Waals surface area (Å²) in [5, 5.41) is 18.3. The van der Waals surface area contributed by atoms with E-state index in [1.807, 2.05) is 13.0 Å². The molecule has 0 fully saturated rings. The molecule has 2 heterocycles. The number of pyridine rings is 1. The third kappa shape index (κ3) is 2.52. The van der Waals surface area contributed by atoms with Gasteiger partial charge in [-0.15, -0.1) is 10.2 Å². The Balaban J connectivity index is 2.15. The lowest BCUT2D eigenvalue weighted by molar-refractivity contribution is 0.980. The van der Waals surface area contributed by atoms with Gasteiger partial charge in [0, 0.05) is 6.20 Å². The van der Waals surface area contributed by atoms with Crippen LogP contribution >= 0.6 is 23.1 Å². The molecule has 0 bridgehead atoms. The summed E-state index contributed by atoms with van der Waals surface area (Å²) in [6.45, 7) is 1.91. The van der Waals surface area contributed by atoms with E-state index in [0.29, 0.717) is 5.56 Å². The van der Waals surface area contributed by atoms with Gasteiger partial charge in [-0.1, -0.05) is 11.3 Å². The Bertz CT molecular complexity index is 498. The first-order valence-electron chi connectivity index (χ1n) is 4.12. The lowest BCUT2D eigenvalue weighted by atomic mass is 10.3. The minimum atomic E-state index is 0.563. The lowest BCUT2D eigenvalue weighted by Gasteiger charge is -1.94. The van der Waals surface area contributed by atoms with Gasteiger partial charge >= 0.3 is 0 Å². The molecule has 0 aliphatic rings. The molecule has 0 saturated heterocycles. The van der Waals surface area contributed by atoms with E-state index in [9.17, 15) is 0 Å². The third-order valence-corrected chi connectivity index (χ3v) is 3.41. The summed E-state index contributed by atoms with van der Waals surface area (Å²) in [5.41, 5.74) is 0.563. The molecule has 0 aliphatic carbocycles. The molecule has 15 heavy (non-hydrogen) atoms. The SMILES string of the molecule is Cc1nnc(Sc2ccc(C#N)cn2)s1. The fourth-order valence-electron chi connectivity index (χ4n) is 0.916. The van der Waals surface area contributed by atoms with Crippen LogP contribution in [0, 0.1) is 18.3 Å². The molecule has 0 atom stereocenters. The first kappa shape index (κ1) is 10.1. The van der Waals surface area contributed by atoms with Crippen LogP contribution in [0.1, 0.15) is 10.6 Å². The van der Waals surface area contributed by atoms with Crippen molar-refractivity contribution >= 4 is 23.1 Å². The first-order valence-corrected chi connectivity index (χ1v) is 5.75. The summed E-state index contributed by atoms with van der Waals surface area (Å²) in [6, 6.07) is 5.57. The van der Waals surface area contributed by atoms with E-state index in [2.05, 4.69) is 15.2 Å². The van der Waals surface area contributed by atoms with Crippen LogP contribution in [0.2, 0.25) is 0 Å². The van der Waals surface area contributed by atoms with E-state index in [1.54, 1.807) is 18.3 Å². The maximum absolute atomic E-state index is 8.60. The van der Waals surface area contributed by atoms with Gasteiger partial charge in [-0.3, -0.25) is 0 Å². The van der Waals surface area contributed by atoms with Crippen molar-refractivity contribution in [3.8, 4) is 6.07 Å². The van der Waals surface area contributed by atoms with Crippen molar-refractivity contribution in [1.82, 2.24) is 15.2 Å². The average molecular weight is 234 g/mol. The van der Waals surface area contributed by atoms with E-state index in [1.165, 1.54) is 23.1 Å². The largest absolute Gasteiger partial charge is 0.248 e. The Morgan fingerprint density at radius 2 is 2.27 bits per heavy atom. The fraction of sp³-hybridized carbons (Fsp3) is 0.111. The molecule has 0 saturated carbocycles. The van der Waals surface area contributed by atoms with Crippen LogP contribution in [0.4, 0.5) is 0 Å². The fourth-order valence-corrected chi connectivity index (χ4v) is 2.62. The second kappa shape index (κ2) is 4.38. The minimum Gasteiger partial charge on any atom is -0.248 e. The van der Waals surface area contributed by atoms with Crippen molar-refractivity contribution in [2.75, 3.05) is 0 Å². The average Bonchev–Trinajstić information content (AvgIpc) is 2.65. The summed E-state index contributed by atoms with van der Waals surface area (Å²) >= 11 is 2.98. The number of hydrogen-bond acceptors (Lipinski definition) is 6. The van der Waals surface area contributed by atoms with Crippen molar-refractivity contribution in [2.24, 2.45) is 0 Å². The molecule has 2 rings (SSSR count).